The quantitative estimate of drug-likeness (QED) is 0.444. The number of anilines is 1. The van der Waals surface area contributed by atoms with E-state index in [0.717, 1.165) is 19.6 Å². The van der Waals surface area contributed by atoms with Gasteiger partial charge in [0.1, 0.15) is 0 Å². The molecule has 0 bridgehead atoms. The minimum Gasteiger partial charge on any atom is -0.465 e. The number of nitrogens with two attached hydrogens (primary N) is 1. The molecular weight excluding hydrogens is 210 g/mol. The number of esters is 1. The highest BCUT2D eigenvalue weighted by atomic mass is 17.2. The summed E-state index contributed by atoms with van der Waals surface area (Å²) >= 11 is 0. The van der Waals surface area contributed by atoms with E-state index in [2.05, 4.69) is 14.5 Å². The second-order valence-electron chi connectivity index (χ2n) is 3.08. The number of hydrogen-bond donors (Lipinski definition) is 1. The summed E-state index contributed by atoms with van der Waals surface area (Å²) < 4.78 is 4.50. The zero-order valence-corrected chi connectivity index (χ0v) is 9.14. The molecule has 1 aromatic carbocycles. The van der Waals surface area contributed by atoms with Crippen LogP contribution in [0.1, 0.15) is 16.8 Å². The zero-order chi connectivity index (χ0) is 11.8. The Hall–Kier alpha value is -1.59. The highest BCUT2D eigenvalue weighted by Crippen LogP contribution is 2.10. The molecule has 5 heteroatoms. The predicted octanol–water partition coefficient (Wildman–Crippen LogP) is 1.39. The molecule has 0 unspecified atom stereocenters. The van der Waals surface area contributed by atoms with Crippen molar-refractivity contribution in [2.24, 2.45) is 0 Å². The molecule has 0 amide bonds. The fourth-order valence-electron chi connectivity index (χ4n) is 1.09. The molecule has 88 valence electrons. The van der Waals surface area contributed by atoms with Crippen LogP contribution in [0.5, 0.6) is 0 Å². The first-order chi connectivity index (χ1) is 7.75. The van der Waals surface area contributed by atoms with Gasteiger partial charge in [0.25, 0.3) is 0 Å². The molecule has 16 heavy (non-hydrogen) atoms. The van der Waals surface area contributed by atoms with Crippen molar-refractivity contribution in [1.29, 1.82) is 0 Å². The Balaban J connectivity index is 0.000000212. The number of hydrogen-bond acceptors (Lipinski definition) is 5. The third-order valence-corrected chi connectivity index (χ3v) is 1.90. The lowest BCUT2D eigenvalue weighted by Crippen LogP contribution is -2.04. The molecule has 2 rings (SSSR count). The second-order valence-corrected chi connectivity index (χ2v) is 3.08. The van der Waals surface area contributed by atoms with Gasteiger partial charge in [-0.1, -0.05) is 12.1 Å². The van der Waals surface area contributed by atoms with Gasteiger partial charge in [-0.3, -0.25) is 0 Å². The normalized spacial score (nSPS) is 13.8. The van der Waals surface area contributed by atoms with Crippen LogP contribution < -0.4 is 5.73 Å². The van der Waals surface area contributed by atoms with Crippen LogP contribution in [0.3, 0.4) is 0 Å². The highest BCUT2D eigenvalue weighted by molar-refractivity contribution is 5.94. The number of carbonyl (C=O) groups is 1. The van der Waals surface area contributed by atoms with E-state index in [1.165, 1.54) is 7.11 Å². The Morgan fingerprint density at radius 1 is 1.31 bits per heavy atom. The number of para-hydroxylation sites is 1. The summed E-state index contributed by atoms with van der Waals surface area (Å²) in [4.78, 5) is 19.8. The number of methoxy groups -OCH3 is 1. The molecule has 0 radical (unpaired) electrons. The molecule has 1 heterocycles. The first-order valence-corrected chi connectivity index (χ1v) is 4.93. The van der Waals surface area contributed by atoms with E-state index in [1.54, 1.807) is 24.3 Å². The van der Waals surface area contributed by atoms with Gasteiger partial charge in [-0.25, -0.2) is 14.6 Å². The smallest absolute Gasteiger partial charge is 0.339 e. The standard InChI is InChI=1S/C8H9NO2.C3H6O2/c1-11-8(10)6-4-2-3-5-7(6)9;1-2-4-5-3-1/h2-5H,9H2,1H3;1-3H2. The minimum atomic E-state index is -0.400. The van der Waals surface area contributed by atoms with Crippen LogP contribution in [0.4, 0.5) is 5.69 Å². The first kappa shape index (κ1) is 12.5. The van der Waals surface area contributed by atoms with Crippen molar-refractivity contribution in [1.82, 2.24) is 0 Å². The van der Waals surface area contributed by atoms with E-state index in [0.29, 0.717) is 11.3 Å². The van der Waals surface area contributed by atoms with Gasteiger partial charge in [0.15, 0.2) is 0 Å². The van der Waals surface area contributed by atoms with E-state index in [9.17, 15) is 4.79 Å². The van der Waals surface area contributed by atoms with Crippen LogP contribution in [0.25, 0.3) is 0 Å². The highest BCUT2D eigenvalue weighted by Gasteiger charge is 2.06. The van der Waals surface area contributed by atoms with Crippen molar-refractivity contribution < 1.29 is 19.3 Å². The molecular formula is C11H15NO4. The van der Waals surface area contributed by atoms with Gasteiger partial charge in [0.05, 0.1) is 25.9 Å². The van der Waals surface area contributed by atoms with E-state index >= 15 is 0 Å². The number of rotatable bonds is 1. The fraction of sp³-hybridized carbons (Fsp3) is 0.364. The summed E-state index contributed by atoms with van der Waals surface area (Å²) in [6, 6.07) is 6.79. The number of nitrogen functional groups attached to an aromatic ring is 1. The van der Waals surface area contributed by atoms with Crippen LogP contribution >= 0.6 is 0 Å². The molecule has 1 aromatic rings. The van der Waals surface area contributed by atoms with Crippen LogP contribution in [0.2, 0.25) is 0 Å². The SMILES string of the molecule is C1COOC1.COC(=O)c1ccccc1N. The maximum absolute atomic E-state index is 10.9. The Morgan fingerprint density at radius 2 is 1.94 bits per heavy atom. The molecule has 1 fully saturated rings. The lowest BCUT2D eigenvalue weighted by molar-refractivity contribution is -0.248. The minimum absolute atomic E-state index is 0.400. The predicted molar refractivity (Wildman–Crippen MR) is 58.7 cm³/mol. The van der Waals surface area contributed by atoms with E-state index in [-0.39, 0.29) is 0 Å². The van der Waals surface area contributed by atoms with Crippen molar-refractivity contribution in [3.8, 4) is 0 Å². The van der Waals surface area contributed by atoms with Gasteiger partial charge < -0.3 is 10.5 Å². The Labute approximate surface area is 94.0 Å². The van der Waals surface area contributed by atoms with Crippen LogP contribution in [0, 0.1) is 0 Å². The van der Waals surface area contributed by atoms with Crippen LogP contribution in [-0.4, -0.2) is 26.3 Å². The summed E-state index contributed by atoms with van der Waals surface area (Å²) in [6.07, 6.45) is 1.06. The van der Waals surface area contributed by atoms with Crippen molar-refractivity contribution in [3.63, 3.8) is 0 Å². The van der Waals surface area contributed by atoms with Gasteiger partial charge in [-0.15, -0.1) is 0 Å². The zero-order valence-electron chi connectivity index (χ0n) is 9.14. The van der Waals surface area contributed by atoms with Crippen molar-refractivity contribution >= 4 is 11.7 Å². The van der Waals surface area contributed by atoms with Crippen molar-refractivity contribution in [3.05, 3.63) is 29.8 Å². The molecule has 2 N–H and O–H groups in total. The van der Waals surface area contributed by atoms with Gasteiger partial charge in [0, 0.05) is 12.1 Å². The number of carbonyl (C=O) groups excluding carboxylic acids is 1. The maximum Gasteiger partial charge on any atom is 0.339 e. The van der Waals surface area contributed by atoms with Crippen LogP contribution in [0.15, 0.2) is 24.3 Å². The molecule has 0 saturated carbocycles. The molecule has 5 nitrogen and oxygen atoms in total. The average molecular weight is 225 g/mol. The van der Waals surface area contributed by atoms with Gasteiger partial charge in [-0.05, 0) is 12.1 Å². The molecule has 1 saturated heterocycles. The van der Waals surface area contributed by atoms with Crippen molar-refractivity contribution in [2.75, 3.05) is 26.1 Å². The first-order valence-electron chi connectivity index (χ1n) is 4.93. The molecule has 1 aliphatic heterocycles. The summed E-state index contributed by atoms with van der Waals surface area (Å²) in [5.41, 5.74) is 6.35. The maximum atomic E-state index is 10.9. The van der Waals surface area contributed by atoms with Gasteiger partial charge >= 0.3 is 5.97 Å². The Kier molecular flexibility index (Phi) is 5.31. The third-order valence-electron chi connectivity index (χ3n) is 1.90. The topological polar surface area (TPSA) is 70.8 Å². The molecule has 0 aliphatic carbocycles. The van der Waals surface area contributed by atoms with Gasteiger partial charge in [0.2, 0.25) is 0 Å². The Bertz CT molecular complexity index is 329. The molecule has 1 aliphatic rings. The largest absolute Gasteiger partial charge is 0.465 e. The third kappa shape index (κ3) is 3.88. The molecule has 0 spiro atoms. The number of benzene rings is 1. The molecule has 0 atom stereocenters. The van der Waals surface area contributed by atoms with Crippen molar-refractivity contribution in [2.45, 2.75) is 6.42 Å². The number of ether oxygens (including phenoxy) is 1. The summed E-state index contributed by atoms with van der Waals surface area (Å²) in [7, 11) is 1.33. The summed E-state index contributed by atoms with van der Waals surface area (Å²) in [6.45, 7) is 1.56. The average Bonchev–Trinajstić information content (AvgIpc) is 2.87. The summed E-state index contributed by atoms with van der Waals surface area (Å²) in [5, 5.41) is 0. The molecule has 0 aromatic heterocycles. The lowest BCUT2D eigenvalue weighted by atomic mass is 10.2. The lowest BCUT2D eigenvalue weighted by Gasteiger charge is -2.00. The van der Waals surface area contributed by atoms with E-state index in [4.69, 9.17) is 5.73 Å². The van der Waals surface area contributed by atoms with Gasteiger partial charge in [-0.2, -0.15) is 0 Å². The van der Waals surface area contributed by atoms with E-state index in [1.807, 2.05) is 0 Å². The van der Waals surface area contributed by atoms with E-state index < -0.39 is 5.97 Å². The van der Waals surface area contributed by atoms with Crippen LogP contribution in [-0.2, 0) is 14.5 Å². The Morgan fingerprint density at radius 3 is 2.38 bits per heavy atom. The fourth-order valence-corrected chi connectivity index (χ4v) is 1.09. The monoisotopic (exact) mass is 225 g/mol. The summed E-state index contributed by atoms with van der Waals surface area (Å²) in [5.74, 6) is -0.400. The second kappa shape index (κ2) is 6.81.